The fourth-order valence-electron chi connectivity index (χ4n) is 4.85. The zero-order valence-corrected chi connectivity index (χ0v) is 12.7. The number of ether oxygens (including phenoxy) is 1. The third-order valence-corrected chi connectivity index (χ3v) is 6.16. The molecule has 0 spiro atoms. The molecule has 3 aliphatic carbocycles. The van der Waals surface area contributed by atoms with Crippen LogP contribution in [0.4, 0.5) is 0 Å². The number of nitrogens with one attached hydrogen (secondary N) is 1. The predicted octanol–water partition coefficient (Wildman–Crippen LogP) is 2.74. The molecule has 0 aromatic carbocycles. The molecule has 0 saturated heterocycles. The van der Waals surface area contributed by atoms with Crippen LogP contribution in [-0.4, -0.2) is 25.2 Å². The van der Waals surface area contributed by atoms with E-state index in [1.54, 1.807) is 0 Å². The molecule has 0 amide bonds. The molecule has 4 atom stereocenters. The Hall–Kier alpha value is -0.570. The number of esters is 1. The Kier molecular flexibility index (Phi) is 2.97. The van der Waals surface area contributed by atoms with Crippen LogP contribution in [-0.2, 0) is 9.53 Å². The highest BCUT2D eigenvalue weighted by molar-refractivity contribution is 5.76. The highest BCUT2D eigenvalue weighted by atomic mass is 16.5. The molecular formula is C16H27NO2. The van der Waals surface area contributed by atoms with Crippen molar-refractivity contribution in [3.05, 3.63) is 0 Å². The summed E-state index contributed by atoms with van der Waals surface area (Å²) >= 11 is 0. The van der Waals surface area contributed by atoms with Gasteiger partial charge in [-0.15, -0.1) is 0 Å². The number of carbonyl (C=O) groups is 1. The van der Waals surface area contributed by atoms with Crippen molar-refractivity contribution in [2.45, 2.75) is 65.0 Å². The van der Waals surface area contributed by atoms with E-state index in [-0.39, 0.29) is 12.0 Å². The van der Waals surface area contributed by atoms with Crippen LogP contribution in [0.3, 0.4) is 0 Å². The van der Waals surface area contributed by atoms with Gasteiger partial charge in [0.25, 0.3) is 0 Å². The summed E-state index contributed by atoms with van der Waals surface area (Å²) in [4.78, 5) is 12.0. The predicted molar refractivity (Wildman–Crippen MR) is 74.7 cm³/mol. The Bertz CT molecular complexity index is 383. The average Bonchev–Trinajstić information content (AvgIpc) is 3.07. The van der Waals surface area contributed by atoms with Gasteiger partial charge in [-0.3, -0.25) is 4.79 Å². The van der Waals surface area contributed by atoms with Gasteiger partial charge in [-0.1, -0.05) is 20.8 Å². The first-order chi connectivity index (χ1) is 8.88. The van der Waals surface area contributed by atoms with E-state index in [9.17, 15) is 4.79 Å². The molecule has 3 heteroatoms. The summed E-state index contributed by atoms with van der Waals surface area (Å²) in [5, 5.41) is 3.72. The second kappa shape index (κ2) is 4.21. The number of hydrogen-bond donors (Lipinski definition) is 1. The standard InChI is InChI=1S/C16H27NO2/c1-15(2)11-7-8-16(3,9-11)14(15)17-12(10-5-6-10)13(18)19-4/h10-12,14,17H,5-9H2,1-4H3. The lowest BCUT2D eigenvalue weighted by molar-refractivity contribution is -0.144. The molecule has 3 rings (SSSR count). The van der Waals surface area contributed by atoms with Gasteiger partial charge >= 0.3 is 5.97 Å². The molecule has 4 unspecified atom stereocenters. The van der Waals surface area contributed by atoms with Crippen molar-refractivity contribution in [3.8, 4) is 0 Å². The van der Waals surface area contributed by atoms with Crippen molar-refractivity contribution in [2.24, 2.45) is 22.7 Å². The third-order valence-electron chi connectivity index (χ3n) is 6.16. The minimum atomic E-state index is -0.0783. The van der Waals surface area contributed by atoms with E-state index in [0.717, 1.165) is 5.92 Å². The molecule has 0 aromatic heterocycles. The lowest BCUT2D eigenvalue weighted by atomic mass is 9.68. The van der Waals surface area contributed by atoms with Gasteiger partial charge in [0.2, 0.25) is 0 Å². The summed E-state index contributed by atoms with van der Waals surface area (Å²) in [5.74, 6) is 1.25. The van der Waals surface area contributed by atoms with Crippen molar-refractivity contribution in [2.75, 3.05) is 7.11 Å². The summed E-state index contributed by atoms with van der Waals surface area (Å²) in [7, 11) is 1.51. The van der Waals surface area contributed by atoms with Gasteiger partial charge < -0.3 is 10.1 Å². The molecular weight excluding hydrogens is 238 g/mol. The minimum Gasteiger partial charge on any atom is -0.468 e. The molecule has 19 heavy (non-hydrogen) atoms. The first kappa shape index (κ1) is 13.4. The van der Waals surface area contributed by atoms with Crippen LogP contribution in [0.2, 0.25) is 0 Å². The van der Waals surface area contributed by atoms with Crippen molar-refractivity contribution < 1.29 is 9.53 Å². The Morgan fingerprint density at radius 3 is 2.42 bits per heavy atom. The molecule has 2 bridgehead atoms. The molecule has 3 saturated carbocycles. The first-order valence-corrected chi connectivity index (χ1v) is 7.72. The van der Waals surface area contributed by atoms with Crippen LogP contribution in [0.15, 0.2) is 0 Å². The smallest absolute Gasteiger partial charge is 0.323 e. The SMILES string of the molecule is COC(=O)C(NC1C2(C)CCC(C2)C1(C)C)C1CC1. The van der Waals surface area contributed by atoms with E-state index >= 15 is 0 Å². The quantitative estimate of drug-likeness (QED) is 0.794. The molecule has 3 fully saturated rings. The van der Waals surface area contributed by atoms with Crippen molar-refractivity contribution >= 4 is 5.97 Å². The number of rotatable bonds is 4. The van der Waals surface area contributed by atoms with Crippen LogP contribution < -0.4 is 5.32 Å². The van der Waals surface area contributed by atoms with Gasteiger partial charge in [-0.05, 0) is 54.8 Å². The number of methoxy groups -OCH3 is 1. The molecule has 0 radical (unpaired) electrons. The molecule has 1 N–H and O–H groups in total. The van der Waals surface area contributed by atoms with Crippen LogP contribution in [0, 0.1) is 22.7 Å². The summed E-state index contributed by atoms with van der Waals surface area (Å²) in [5.41, 5.74) is 0.670. The summed E-state index contributed by atoms with van der Waals surface area (Å²) in [6.45, 7) is 7.16. The van der Waals surface area contributed by atoms with E-state index in [0.29, 0.717) is 22.8 Å². The van der Waals surface area contributed by atoms with E-state index in [2.05, 4.69) is 26.1 Å². The van der Waals surface area contributed by atoms with Gasteiger partial charge in [0.1, 0.15) is 6.04 Å². The summed E-state index contributed by atoms with van der Waals surface area (Å²) in [6.07, 6.45) is 6.31. The van der Waals surface area contributed by atoms with Crippen molar-refractivity contribution in [1.29, 1.82) is 0 Å². The molecule has 0 aliphatic heterocycles. The maximum atomic E-state index is 12.0. The lowest BCUT2D eigenvalue weighted by Crippen LogP contribution is -2.56. The van der Waals surface area contributed by atoms with Gasteiger partial charge in [0, 0.05) is 6.04 Å². The molecule has 3 nitrogen and oxygen atoms in total. The van der Waals surface area contributed by atoms with Crippen molar-refractivity contribution in [1.82, 2.24) is 5.32 Å². The maximum Gasteiger partial charge on any atom is 0.323 e. The molecule has 108 valence electrons. The van der Waals surface area contributed by atoms with Crippen LogP contribution >= 0.6 is 0 Å². The normalized spacial score (nSPS) is 41.3. The number of fused-ring (bicyclic) bond motifs is 2. The highest BCUT2D eigenvalue weighted by Gasteiger charge is 2.60. The number of carbonyl (C=O) groups excluding carboxylic acids is 1. The average molecular weight is 265 g/mol. The fourth-order valence-corrected chi connectivity index (χ4v) is 4.85. The summed E-state index contributed by atoms with van der Waals surface area (Å²) in [6, 6.07) is 0.369. The second-order valence-corrected chi connectivity index (χ2v) is 7.85. The fraction of sp³-hybridized carbons (Fsp3) is 0.938. The van der Waals surface area contributed by atoms with Crippen LogP contribution in [0.5, 0.6) is 0 Å². The largest absolute Gasteiger partial charge is 0.468 e. The highest BCUT2D eigenvalue weighted by Crippen LogP contribution is 2.62. The van der Waals surface area contributed by atoms with Crippen LogP contribution in [0.25, 0.3) is 0 Å². The lowest BCUT2D eigenvalue weighted by Gasteiger charge is -2.44. The molecule has 0 heterocycles. The number of hydrogen-bond acceptors (Lipinski definition) is 3. The maximum absolute atomic E-state index is 12.0. The van der Waals surface area contributed by atoms with Gasteiger partial charge in [0.15, 0.2) is 0 Å². The van der Waals surface area contributed by atoms with Gasteiger partial charge in [0.05, 0.1) is 7.11 Å². The van der Waals surface area contributed by atoms with Crippen molar-refractivity contribution in [3.63, 3.8) is 0 Å². The topological polar surface area (TPSA) is 38.3 Å². The zero-order chi connectivity index (χ0) is 13.8. The second-order valence-electron chi connectivity index (χ2n) is 7.85. The molecule has 3 aliphatic rings. The Morgan fingerprint density at radius 2 is 1.95 bits per heavy atom. The zero-order valence-electron chi connectivity index (χ0n) is 12.7. The minimum absolute atomic E-state index is 0.0651. The Labute approximate surface area is 116 Å². The first-order valence-electron chi connectivity index (χ1n) is 7.72. The van der Waals surface area contributed by atoms with E-state index < -0.39 is 0 Å². The monoisotopic (exact) mass is 265 g/mol. The molecule has 0 aromatic rings. The van der Waals surface area contributed by atoms with Crippen LogP contribution in [0.1, 0.15) is 52.9 Å². The van der Waals surface area contributed by atoms with E-state index in [1.807, 2.05) is 0 Å². The van der Waals surface area contributed by atoms with Gasteiger partial charge in [-0.2, -0.15) is 0 Å². The van der Waals surface area contributed by atoms with E-state index in [4.69, 9.17) is 4.74 Å². The Balaban J connectivity index is 1.79. The Morgan fingerprint density at radius 1 is 1.26 bits per heavy atom. The van der Waals surface area contributed by atoms with E-state index in [1.165, 1.54) is 39.2 Å². The van der Waals surface area contributed by atoms with Gasteiger partial charge in [-0.25, -0.2) is 0 Å². The third kappa shape index (κ3) is 2.01. The summed E-state index contributed by atoms with van der Waals surface area (Å²) < 4.78 is 5.00.